The number of nitrogens with zero attached hydrogens (tertiary/aromatic N) is 3. The number of guanidine groups is 1. The van der Waals surface area contributed by atoms with E-state index in [0.717, 1.165) is 30.8 Å². The van der Waals surface area contributed by atoms with Gasteiger partial charge in [0, 0.05) is 37.3 Å². The molecule has 3 rings (SSSR count). The van der Waals surface area contributed by atoms with Crippen LogP contribution in [0.15, 0.2) is 41.5 Å². The lowest BCUT2D eigenvalue weighted by atomic mass is 9.94. The number of rotatable bonds is 3. The molecule has 2 N–H and O–H groups in total. The number of fused-ring (bicyclic) bond motifs is 1. The first-order valence-corrected chi connectivity index (χ1v) is 9.23. The lowest BCUT2D eigenvalue weighted by Crippen LogP contribution is -2.45. The second kappa shape index (κ2) is 10.4. The number of halogens is 1. The molecule has 1 heterocycles. The molecule has 1 unspecified atom stereocenters. The van der Waals surface area contributed by atoms with Gasteiger partial charge in [0.25, 0.3) is 0 Å². The van der Waals surface area contributed by atoms with Crippen molar-refractivity contribution < 1.29 is 0 Å². The fraction of sp³-hybridized carbons (Fsp3) is 0.429. The topological polar surface area (TPSA) is 54.2 Å². The first-order chi connectivity index (χ1) is 12.7. The lowest BCUT2D eigenvalue weighted by Gasteiger charge is -2.24. The van der Waals surface area contributed by atoms with E-state index < -0.39 is 0 Å². The summed E-state index contributed by atoms with van der Waals surface area (Å²) in [5.41, 5.74) is 3.62. The van der Waals surface area contributed by atoms with Crippen LogP contribution < -0.4 is 10.6 Å². The third kappa shape index (κ3) is 5.99. The Kier molecular flexibility index (Phi) is 8.17. The maximum Gasteiger partial charge on any atom is 0.191 e. The van der Waals surface area contributed by atoms with Crippen molar-refractivity contribution in [3.63, 3.8) is 0 Å². The van der Waals surface area contributed by atoms with E-state index in [-0.39, 0.29) is 24.0 Å². The smallest absolute Gasteiger partial charge is 0.191 e. The van der Waals surface area contributed by atoms with Crippen LogP contribution in [0.3, 0.4) is 0 Å². The Labute approximate surface area is 179 Å². The monoisotopic (exact) mass is 477 g/mol. The molecule has 2 aromatic rings. The molecular formula is C21H28IN5. The van der Waals surface area contributed by atoms with Gasteiger partial charge in [-0.15, -0.1) is 24.0 Å². The molecule has 0 saturated heterocycles. The highest BCUT2D eigenvalue weighted by Crippen LogP contribution is 2.21. The van der Waals surface area contributed by atoms with Gasteiger partial charge in [0.1, 0.15) is 0 Å². The third-order valence-electron chi connectivity index (χ3n) is 4.54. The molecule has 1 aliphatic carbocycles. The van der Waals surface area contributed by atoms with E-state index in [1.807, 2.05) is 30.3 Å². The summed E-state index contributed by atoms with van der Waals surface area (Å²) >= 11 is 0. The van der Waals surface area contributed by atoms with Crippen LogP contribution in [0.5, 0.6) is 0 Å². The van der Waals surface area contributed by atoms with Crippen LogP contribution in [0.25, 0.3) is 0 Å². The maximum atomic E-state index is 4.74. The standard InChI is InChI=1S/C21H27N5.HI/c1-16(2)26-15-18-11-12-19(14-20(18)25-26)24-21(22-3)23-13-7-10-17-8-5-4-6-9-17;/h4-6,8-9,15-16,19H,11-14H2,1-3H3,(H2,22,23,24);1H. The van der Waals surface area contributed by atoms with E-state index >= 15 is 0 Å². The Morgan fingerprint density at radius 2 is 2.11 bits per heavy atom. The molecule has 0 saturated carbocycles. The Balaban J connectivity index is 0.00000261. The van der Waals surface area contributed by atoms with Gasteiger partial charge in [0.2, 0.25) is 0 Å². The molecule has 0 bridgehead atoms. The van der Waals surface area contributed by atoms with Crippen LogP contribution >= 0.6 is 24.0 Å². The molecule has 0 radical (unpaired) electrons. The van der Waals surface area contributed by atoms with Gasteiger partial charge in [-0.05, 0) is 44.4 Å². The molecule has 1 aliphatic rings. The van der Waals surface area contributed by atoms with Crippen LogP contribution in [0.2, 0.25) is 0 Å². The van der Waals surface area contributed by atoms with E-state index in [1.54, 1.807) is 7.05 Å². The highest BCUT2D eigenvalue weighted by atomic mass is 127. The Bertz CT molecular complexity index is 814. The SMILES string of the molecule is CN=C(NCC#Cc1ccccc1)NC1CCc2cn(C(C)C)nc2C1.I. The zero-order chi connectivity index (χ0) is 18.4. The summed E-state index contributed by atoms with van der Waals surface area (Å²) in [6, 6.07) is 10.8. The second-order valence-corrected chi connectivity index (χ2v) is 6.85. The van der Waals surface area contributed by atoms with Crippen molar-refractivity contribution in [2.45, 2.75) is 45.2 Å². The van der Waals surface area contributed by atoms with Gasteiger partial charge < -0.3 is 10.6 Å². The van der Waals surface area contributed by atoms with E-state index in [9.17, 15) is 0 Å². The number of hydrogen-bond donors (Lipinski definition) is 2. The molecule has 5 nitrogen and oxygen atoms in total. The highest BCUT2D eigenvalue weighted by Gasteiger charge is 2.22. The predicted octanol–water partition coefficient (Wildman–Crippen LogP) is 3.16. The van der Waals surface area contributed by atoms with E-state index in [1.165, 1.54) is 11.3 Å². The quantitative estimate of drug-likeness (QED) is 0.309. The molecule has 0 fully saturated rings. The summed E-state index contributed by atoms with van der Waals surface area (Å²) in [5.74, 6) is 7.08. The number of aryl methyl sites for hydroxylation is 1. The second-order valence-electron chi connectivity index (χ2n) is 6.85. The zero-order valence-electron chi connectivity index (χ0n) is 16.2. The number of benzene rings is 1. The number of nitrogens with one attached hydrogen (secondary N) is 2. The molecule has 144 valence electrons. The molecule has 1 aromatic carbocycles. The average Bonchev–Trinajstić information content (AvgIpc) is 3.09. The van der Waals surface area contributed by atoms with Crippen LogP contribution in [-0.2, 0) is 12.8 Å². The largest absolute Gasteiger partial charge is 0.353 e. The van der Waals surface area contributed by atoms with Crippen LogP contribution in [0.4, 0.5) is 0 Å². The van der Waals surface area contributed by atoms with Crippen molar-refractivity contribution in [3.05, 3.63) is 53.3 Å². The zero-order valence-corrected chi connectivity index (χ0v) is 18.5. The Hall–Kier alpha value is -2.01. The molecule has 1 atom stereocenters. The van der Waals surface area contributed by atoms with Gasteiger partial charge in [-0.1, -0.05) is 30.0 Å². The summed E-state index contributed by atoms with van der Waals surface area (Å²) < 4.78 is 2.07. The molecule has 1 aromatic heterocycles. The number of aliphatic imine (C=N–C) groups is 1. The minimum Gasteiger partial charge on any atom is -0.353 e. The molecule has 0 spiro atoms. The summed E-state index contributed by atoms with van der Waals surface area (Å²) in [5, 5.41) is 11.5. The number of hydrogen-bond acceptors (Lipinski definition) is 2. The first-order valence-electron chi connectivity index (χ1n) is 9.23. The van der Waals surface area contributed by atoms with Gasteiger partial charge in [0.15, 0.2) is 5.96 Å². The third-order valence-corrected chi connectivity index (χ3v) is 4.54. The fourth-order valence-electron chi connectivity index (χ4n) is 3.08. The first kappa shape index (κ1) is 21.3. The summed E-state index contributed by atoms with van der Waals surface area (Å²) in [7, 11) is 1.79. The van der Waals surface area contributed by atoms with Crippen molar-refractivity contribution in [1.29, 1.82) is 0 Å². The van der Waals surface area contributed by atoms with Crippen LogP contribution in [0, 0.1) is 11.8 Å². The Morgan fingerprint density at radius 1 is 1.33 bits per heavy atom. The van der Waals surface area contributed by atoms with Gasteiger partial charge in [-0.2, -0.15) is 5.10 Å². The van der Waals surface area contributed by atoms with Crippen molar-refractivity contribution >= 4 is 29.9 Å². The van der Waals surface area contributed by atoms with Crippen molar-refractivity contribution in [2.24, 2.45) is 4.99 Å². The minimum atomic E-state index is 0. The summed E-state index contributed by atoms with van der Waals surface area (Å²) in [6.07, 6.45) is 5.28. The Morgan fingerprint density at radius 3 is 2.81 bits per heavy atom. The molecule has 0 amide bonds. The van der Waals surface area contributed by atoms with E-state index in [2.05, 4.69) is 52.2 Å². The van der Waals surface area contributed by atoms with E-state index in [0.29, 0.717) is 18.6 Å². The summed E-state index contributed by atoms with van der Waals surface area (Å²) in [6.45, 7) is 4.89. The maximum absolute atomic E-state index is 4.74. The molecule has 0 aliphatic heterocycles. The average molecular weight is 477 g/mol. The van der Waals surface area contributed by atoms with Gasteiger partial charge in [0.05, 0.1) is 12.2 Å². The van der Waals surface area contributed by atoms with Crippen LogP contribution in [-0.4, -0.2) is 35.4 Å². The van der Waals surface area contributed by atoms with E-state index in [4.69, 9.17) is 5.10 Å². The highest BCUT2D eigenvalue weighted by molar-refractivity contribution is 14.0. The normalized spacial score (nSPS) is 16.0. The van der Waals surface area contributed by atoms with Crippen LogP contribution in [0.1, 0.15) is 43.1 Å². The fourth-order valence-corrected chi connectivity index (χ4v) is 3.08. The number of aromatic nitrogens is 2. The van der Waals surface area contributed by atoms with Crippen molar-refractivity contribution in [2.75, 3.05) is 13.6 Å². The van der Waals surface area contributed by atoms with Gasteiger partial charge >= 0.3 is 0 Å². The predicted molar refractivity (Wildman–Crippen MR) is 122 cm³/mol. The molecular weight excluding hydrogens is 449 g/mol. The van der Waals surface area contributed by atoms with Crippen molar-refractivity contribution in [3.8, 4) is 11.8 Å². The molecule has 6 heteroatoms. The van der Waals surface area contributed by atoms with Gasteiger partial charge in [-0.3, -0.25) is 9.67 Å². The molecule has 27 heavy (non-hydrogen) atoms. The minimum absolute atomic E-state index is 0. The van der Waals surface area contributed by atoms with Crippen molar-refractivity contribution in [1.82, 2.24) is 20.4 Å². The van der Waals surface area contributed by atoms with Gasteiger partial charge in [-0.25, -0.2) is 0 Å². The summed E-state index contributed by atoms with van der Waals surface area (Å²) in [4.78, 5) is 4.32. The lowest BCUT2D eigenvalue weighted by molar-refractivity contribution is 0.500.